The molecule has 0 aromatic carbocycles. The Labute approximate surface area is 61.2 Å². The van der Waals surface area contributed by atoms with Gasteiger partial charge in [0.05, 0.1) is 0 Å². The topological polar surface area (TPSA) is 37.3 Å². The first-order chi connectivity index (χ1) is 4.84. The van der Waals surface area contributed by atoms with Gasteiger partial charge in [-0.3, -0.25) is 0 Å². The van der Waals surface area contributed by atoms with Crippen molar-refractivity contribution < 1.29 is 9.90 Å². The van der Waals surface area contributed by atoms with Crippen molar-refractivity contribution in [1.29, 1.82) is 0 Å². The molecule has 1 aliphatic carbocycles. The molecule has 0 radical (unpaired) electrons. The van der Waals surface area contributed by atoms with Gasteiger partial charge in [0, 0.05) is 0 Å². The van der Waals surface area contributed by atoms with Crippen LogP contribution in [0.1, 0.15) is 32.1 Å². The third kappa shape index (κ3) is 1.81. The largest absolute Gasteiger partial charge is 0.385 e. The Balaban J connectivity index is 2.30. The van der Waals surface area contributed by atoms with Crippen LogP contribution in [-0.4, -0.2) is 17.5 Å². The van der Waals surface area contributed by atoms with Gasteiger partial charge >= 0.3 is 0 Å². The van der Waals surface area contributed by atoms with Crippen LogP contribution in [0.25, 0.3) is 0 Å². The summed E-state index contributed by atoms with van der Waals surface area (Å²) in [6, 6.07) is 0. The highest BCUT2D eigenvalue weighted by Gasteiger charge is 2.20. The summed E-state index contributed by atoms with van der Waals surface area (Å²) in [6.45, 7) is 0. The highest BCUT2D eigenvalue weighted by Crippen LogP contribution is 2.25. The number of carbonyl (C=O) groups excluding carboxylic acids is 1. The van der Waals surface area contributed by atoms with Crippen LogP contribution in [0.5, 0.6) is 0 Å². The monoisotopic (exact) mass is 142 g/mol. The van der Waals surface area contributed by atoms with Crippen LogP contribution < -0.4 is 0 Å². The number of hydrogen-bond donors (Lipinski definition) is 1. The number of aliphatic hydroxyl groups excluding tert-OH is 1. The molecule has 1 fully saturated rings. The van der Waals surface area contributed by atoms with E-state index in [1.165, 1.54) is 19.3 Å². The van der Waals surface area contributed by atoms with Crippen LogP contribution in [-0.2, 0) is 4.79 Å². The van der Waals surface area contributed by atoms with Gasteiger partial charge in [0.15, 0.2) is 0 Å². The van der Waals surface area contributed by atoms with Gasteiger partial charge in [-0.25, -0.2) is 0 Å². The molecule has 1 aliphatic rings. The third-order valence-electron chi connectivity index (χ3n) is 2.27. The lowest BCUT2D eigenvalue weighted by Crippen LogP contribution is -2.23. The standard InChI is InChI=1S/C8H14O2/c9-6-8(10)7-4-2-1-3-5-7/h6-8,10H,1-5H2/t8-/m1/s1. The van der Waals surface area contributed by atoms with Crippen molar-refractivity contribution in [2.24, 2.45) is 5.92 Å². The minimum Gasteiger partial charge on any atom is -0.385 e. The van der Waals surface area contributed by atoms with Gasteiger partial charge in [-0.1, -0.05) is 19.3 Å². The maximum Gasteiger partial charge on any atom is 0.148 e. The molecule has 0 aromatic rings. The summed E-state index contributed by atoms with van der Waals surface area (Å²) in [7, 11) is 0. The zero-order valence-corrected chi connectivity index (χ0v) is 6.12. The number of aliphatic hydroxyl groups is 1. The second-order valence-corrected chi connectivity index (χ2v) is 3.02. The van der Waals surface area contributed by atoms with Gasteiger partial charge in [0.1, 0.15) is 12.4 Å². The van der Waals surface area contributed by atoms with E-state index in [1.54, 1.807) is 0 Å². The molecule has 0 saturated heterocycles. The van der Waals surface area contributed by atoms with E-state index in [0.717, 1.165) is 12.8 Å². The SMILES string of the molecule is O=C[C@@H](O)C1CCCCC1. The van der Waals surface area contributed by atoms with Gasteiger partial charge in [-0.15, -0.1) is 0 Å². The lowest BCUT2D eigenvalue weighted by Gasteiger charge is -2.22. The lowest BCUT2D eigenvalue weighted by atomic mass is 9.86. The van der Waals surface area contributed by atoms with E-state index in [4.69, 9.17) is 5.11 Å². The lowest BCUT2D eigenvalue weighted by molar-refractivity contribution is -0.117. The predicted molar refractivity (Wildman–Crippen MR) is 38.6 cm³/mol. The van der Waals surface area contributed by atoms with Crippen molar-refractivity contribution in [3.8, 4) is 0 Å². The minimum atomic E-state index is -0.694. The Morgan fingerprint density at radius 2 is 1.90 bits per heavy atom. The summed E-state index contributed by atoms with van der Waals surface area (Å²) in [5.41, 5.74) is 0. The van der Waals surface area contributed by atoms with Crippen molar-refractivity contribution in [1.82, 2.24) is 0 Å². The summed E-state index contributed by atoms with van der Waals surface area (Å²) < 4.78 is 0. The van der Waals surface area contributed by atoms with Crippen LogP contribution in [0.2, 0.25) is 0 Å². The van der Waals surface area contributed by atoms with E-state index >= 15 is 0 Å². The van der Waals surface area contributed by atoms with Gasteiger partial charge in [0.2, 0.25) is 0 Å². The van der Waals surface area contributed by atoms with Gasteiger partial charge in [-0.05, 0) is 18.8 Å². The Bertz CT molecular complexity index is 106. The van der Waals surface area contributed by atoms with E-state index in [0.29, 0.717) is 6.29 Å². The Kier molecular flexibility index (Phi) is 2.87. The molecular formula is C8H14O2. The quantitative estimate of drug-likeness (QED) is 0.587. The van der Waals surface area contributed by atoms with Crippen molar-refractivity contribution in [2.75, 3.05) is 0 Å². The molecule has 0 aliphatic heterocycles. The third-order valence-corrected chi connectivity index (χ3v) is 2.27. The highest BCUT2D eigenvalue weighted by molar-refractivity contribution is 5.56. The number of aldehydes is 1. The molecule has 2 nitrogen and oxygen atoms in total. The number of rotatable bonds is 2. The van der Waals surface area contributed by atoms with Crippen molar-refractivity contribution in [2.45, 2.75) is 38.2 Å². The number of hydrogen-bond acceptors (Lipinski definition) is 2. The Hall–Kier alpha value is -0.370. The van der Waals surface area contributed by atoms with Crippen LogP contribution in [0.15, 0.2) is 0 Å². The van der Waals surface area contributed by atoms with Gasteiger partial charge in [-0.2, -0.15) is 0 Å². The summed E-state index contributed by atoms with van der Waals surface area (Å²) in [5.74, 6) is 0.256. The first-order valence-corrected chi connectivity index (χ1v) is 3.98. The highest BCUT2D eigenvalue weighted by atomic mass is 16.3. The molecule has 2 heteroatoms. The molecule has 0 aromatic heterocycles. The van der Waals surface area contributed by atoms with E-state index in [1.807, 2.05) is 0 Å². The van der Waals surface area contributed by atoms with Crippen LogP contribution >= 0.6 is 0 Å². The zero-order valence-electron chi connectivity index (χ0n) is 6.12. The molecule has 1 N–H and O–H groups in total. The van der Waals surface area contributed by atoms with E-state index < -0.39 is 6.10 Å². The molecular weight excluding hydrogens is 128 g/mol. The summed E-state index contributed by atoms with van der Waals surface area (Å²) in [6.07, 6.45) is 5.64. The van der Waals surface area contributed by atoms with Crippen LogP contribution in [0.3, 0.4) is 0 Å². The summed E-state index contributed by atoms with van der Waals surface area (Å²) in [4.78, 5) is 10.2. The molecule has 1 saturated carbocycles. The summed E-state index contributed by atoms with van der Waals surface area (Å²) >= 11 is 0. The average molecular weight is 142 g/mol. The molecule has 0 heterocycles. The minimum absolute atomic E-state index is 0.256. The van der Waals surface area contributed by atoms with Crippen molar-refractivity contribution in [3.05, 3.63) is 0 Å². The average Bonchev–Trinajstić information content (AvgIpc) is 2.05. The maximum atomic E-state index is 10.2. The fourth-order valence-corrected chi connectivity index (χ4v) is 1.59. The zero-order chi connectivity index (χ0) is 7.40. The van der Waals surface area contributed by atoms with Gasteiger partial charge < -0.3 is 9.90 Å². The first-order valence-electron chi connectivity index (χ1n) is 3.98. The normalized spacial score (nSPS) is 24.1. The molecule has 0 spiro atoms. The molecule has 10 heavy (non-hydrogen) atoms. The second kappa shape index (κ2) is 3.71. The Morgan fingerprint density at radius 3 is 2.40 bits per heavy atom. The molecule has 0 amide bonds. The number of carbonyl (C=O) groups is 1. The predicted octanol–water partition coefficient (Wildman–Crippen LogP) is 1.13. The summed E-state index contributed by atoms with van der Waals surface area (Å²) in [5, 5.41) is 9.11. The molecule has 0 bridgehead atoms. The van der Waals surface area contributed by atoms with Gasteiger partial charge in [0.25, 0.3) is 0 Å². The van der Waals surface area contributed by atoms with E-state index in [2.05, 4.69) is 0 Å². The van der Waals surface area contributed by atoms with Crippen molar-refractivity contribution >= 4 is 6.29 Å². The fraction of sp³-hybridized carbons (Fsp3) is 0.875. The van der Waals surface area contributed by atoms with E-state index in [9.17, 15) is 4.79 Å². The smallest absolute Gasteiger partial charge is 0.148 e. The first kappa shape index (κ1) is 7.73. The Morgan fingerprint density at radius 1 is 1.30 bits per heavy atom. The second-order valence-electron chi connectivity index (χ2n) is 3.02. The van der Waals surface area contributed by atoms with E-state index in [-0.39, 0.29) is 5.92 Å². The molecule has 1 rings (SSSR count). The van der Waals surface area contributed by atoms with Crippen molar-refractivity contribution in [3.63, 3.8) is 0 Å². The fourth-order valence-electron chi connectivity index (χ4n) is 1.59. The maximum absolute atomic E-state index is 10.2. The molecule has 1 atom stereocenters. The van der Waals surface area contributed by atoms with Crippen LogP contribution in [0.4, 0.5) is 0 Å². The molecule has 58 valence electrons. The molecule has 0 unspecified atom stereocenters. The van der Waals surface area contributed by atoms with Crippen LogP contribution in [0, 0.1) is 5.92 Å².